The minimum absolute atomic E-state index is 0. The zero-order chi connectivity index (χ0) is 4.50. The molecule has 43 valence electrons. The smallest absolute Gasteiger partial charge is 1.00 e. The first-order valence-electron chi connectivity index (χ1n) is 0.783. The Morgan fingerprint density at radius 1 is 1.25 bits per heavy atom. The predicted molar refractivity (Wildman–Crippen MR) is 23.4 cm³/mol. The van der Waals surface area contributed by atoms with Crippen LogP contribution in [0.2, 0.25) is 0 Å². The standard InChI is InChI=1S/Mg.Na.H3O4P.V.3H/c;;1-5(2,3)4;;;;/h;;(H3,1,2,3,4);;;;/q+2;+1;;;3*-1. The summed E-state index contributed by atoms with van der Waals surface area (Å²) in [5, 5.41) is 0. The van der Waals surface area contributed by atoms with Crippen LogP contribution in [0.1, 0.15) is 4.28 Å². The molecule has 0 aromatic heterocycles. The van der Waals surface area contributed by atoms with E-state index in [0.29, 0.717) is 0 Å². The minimum Gasteiger partial charge on any atom is -1.00 e. The van der Waals surface area contributed by atoms with Crippen LogP contribution in [0, 0.1) is 0 Å². The number of rotatable bonds is 0. The molecule has 0 aliphatic heterocycles. The van der Waals surface area contributed by atoms with Gasteiger partial charge in [0.25, 0.3) is 0 Å². The van der Waals surface area contributed by atoms with Crippen LogP contribution in [0.15, 0.2) is 0 Å². The largest absolute Gasteiger partial charge is 2.00 e. The average Bonchev–Trinajstić information content (AvgIpc) is 0.722. The van der Waals surface area contributed by atoms with Crippen LogP contribution in [0.5, 0.6) is 0 Å². The molecule has 8 heavy (non-hydrogen) atoms. The van der Waals surface area contributed by atoms with Gasteiger partial charge in [-0.15, -0.1) is 0 Å². The summed E-state index contributed by atoms with van der Waals surface area (Å²) in [5.74, 6) is 0. The molecule has 3 N–H and O–H groups in total. The molecule has 0 unspecified atom stereocenters. The fourth-order valence-corrected chi connectivity index (χ4v) is 0. The van der Waals surface area contributed by atoms with Crippen LogP contribution in [0.25, 0.3) is 0 Å². The first-order valence-corrected chi connectivity index (χ1v) is 2.35. The first-order chi connectivity index (χ1) is 2.00. The SMILES string of the molecule is O=P(O)(O)O.[H-].[H-].[H-].[Mg+2].[Na+].[V]. The molecule has 0 amide bonds. The second-order valence-electron chi connectivity index (χ2n) is 0.513. The number of hydrogen-bond acceptors (Lipinski definition) is 1. The van der Waals surface area contributed by atoms with Crippen molar-refractivity contribution in [1.29, 1.82) is 0 Å². The van der Waals surface area contributed by atoms with Gasteiger partial charge in [-0.3, -0.25) is 0 Å². The summed E-state index contributed by atoms with van der Waals surface area (Å²) >= 11 is 0. The van der Waals surface area contributed by atoms with Crippen molar-refractivity contribution < 1.29 is 71.6 Å². The summed E-state index contributed by atoms with van der Waals surface area (Å²) in [5.41, 5.74) is 0. The van der Waals surface area contributed by atoms with Gasteiger partial charge in [-0.2, -0.15) is 0 Å². The number of phosphoric acid groups is 1. The fourth-order valence-electron chi connectivity index (χ4n) is 0. The summed E-state index contributed by atoms with van der Waals surface area (Å²) in [6.45, 7) is 0. The van der Waals surface area contributed by atoms with Gasteiger partial charge in [0.2, 0.25) is 0 Å². The molecule has 0 atom stereocenters. The van der Waals surface area contributed by atoms with E-state index in [-0.39, 0.29) is 75.4 Å². The first kappa shape index (κ1) is 22.4. The molecule has 0 aliphatic carbocycles. The molecule has 0 fully saturated rings. The van der Waals surface area contributed by atoms with Crippen molar-refractivity contribution in [3.05, 3.63) is 0 Å². The van der Waals surface area contributed by atoms with Crippen molar-refractivity contribution in [2.75, 3.05) is 0 Å². The normalized spacial score (nSPS) is 7.38. The van der Waals surface area contributed by atoms with E-state index < -0.39 is 7.82 Å². The van der Waals surface area contributed by atoms with Gasteiger partial charge in [-0.05, 0) is 0 Å². The van der Waals surface area contributed by atoms with Crippen molar-refractivity contribution >= 4 is 30.9 Å². The third-order valence-corrected chi connectivity index (χ3v) is 0. The van der Waals surface area contributed by atoms with E-state index in [0.717, 1.165) is 0 Å². The van der Waals surface area contributed by atoms with Gasteiger partial charge in [-0.1, -0.05) is 0 Å². The summed E-state index contributed by atoms with van der Waals surface area (Å²) in [6.07, 6.45) is 0. The summed E-state index contributed by atoms with van der Waals surface area (Å²) in [4.78, 5) is 21.6. The zero-order valence-corrected chi connectivity index (χ0v) is 10.1. The quantitative estimate of drug-likeness (QED) is 0.275. The Balaban J connectivity index is -0.00000000533. The third-order valence-electron chi connectivity index (χ3n) is 0. The summed E-state index contributed by atoms with van der Waals surface area (Å²) < 4.78 is 8.88. The fraction of sp³-hybridized carbons (Fsp3) is 0. The Bertz CT molecular complexity index is 71.5. The van der Waals surface area contributed by atoms with E-state index in [1.165, 1.54) is 0 Å². The molecule has 0 spiro atoms. The Labute approximate surface area is 101 Å². The van der Waals surface area contributed by atoms with Gasteiger partial charge in [0, 0.05) is 18.6 Å². The van der Waals surface area contributed by atoms with Gasteiger partial charge in [0.1, 0.15) is 0 Å². The summed E-state index contributed by atoms with van der Waals surface area (Å²) in [7, 11) is -4.64. The van der Waals surface area contributed by atoms with Gasteiger partial charge in [-0.25, -0.2) is 4.57 Å². The molecule has 0 aliphatic rings. The maximum Gasteiger partial charge on any atom is 2.00 e. The van der Waals surface area contributed by atoms with Gasteiger partial charge in [0.15, 0.2) is 0 Å². The molecule has 0 heterocycles. The molecule has 1 radical (unpaired) electrons. The van der Waals surface area contributed by atoms with Crippen molar-refractivity contribution in [3.63, 3.8) is 0 Å². The molecule has 0 aromatic carbocycles. The zero-order valence-electron chi connectivity index (χ0n) is 7.35. The molecule has 0 rings (SSSR count). The van der Waals surface area contributed by atoms with Gasteiger partial charge in [0.05, 0.1) is 0 Å². The van der Waals surface area contributed by atoms with Gasteiger partial charge < -0.3 is 19.0 Å². The van der Waals surface area contributed by atoms with Crippen molar-refractivity contribution in [3.8, 4) is 0 Å². The topological polar surface area (TPSA) is 77.8 Å². The second-order valence-corrected chi connectivity index (χ2v) is 1.54. The van der Waals surface area contributed by atoms with Crippen LogP contribution in [-0.4, -0.2) is 37.7 Å². The average molecular weight is 199 g/mol. The molecule has 0 saturated heterocycles. The molecule has 0 aromatic rings. The maximum atomic E-state index is 8.88. The maximum absolute atomic E-state index is 8.88. The van der Waals surface area contributed by atoms with Crippen molar-refractivity contribution in [1.82, 2.24) is 0 Å². The third kappa shape index (κ3) is 77.8. The van der Waals surface area contributed by atoms with Crippen LogP contribution in [0.4, 0.5) is 0 Å². The number of hydrogen-bond donors (Lipinski definition) is 3. The second kappa shape index (κ2) is 9.46. The van der Waals surface area contributed by atoms with E-state index in [1.54, 1.807) is 0 Å². The van der Waals surface area contributed by atoms with E-state index in [2.05, 4.69) is 0 Å². The van der Waals surface area contributed by atoms with Crippen molar-refractivity contribution in [2.24, 2.45) is 0 Å². The Morgan fingerprint density at radius 3 is 1.25 bits per heavy atom. The van der Waals surface area contributed by atoms with Crippen LogP contribution in [-0.2, 0) is 23.1 Å². The predicted octanol–water partition coefficient (Wildman–Crippen LogP) is -3.97. The molecule has 8 heteroatoms. The Morgan fingerprint density at radius 2 is 1.25 bits per heavy atom. The van der Waals surface area contributed by atoms with E-state index >= 15 is 0 Å². The van der Waals surface area contributed by atoms with Crippen molar-refractivity contribution in [2.45, 2.75) is 0 Å². The molecular formula is H6MgNaO4PV. The van der Waals surface area contributed by atoms with Crippen LogP contribution >= 0.6 is 7.82 Å². The minimum atomic E-state index is -4.64. The van der Waals surface area contributed by atoms with Gasteiger partial charge >= 0.3 is 60.4 Å². The molecule has 4 nitrogen and oxygen atoms in total. The monoisotopic (exact) mass is 199 g/mol. The summed E-state index contributed by atoms with van der Waals surface area (Å²) in [6, 6.07) is 0. The Hall–Kier alpha value is 2.46. The van der Waals surface area contributed by atoms with E-state index in [4.69, 9.17) is 19.2 Å². The van der Waals surface area contributed by atoms with E-state index in [1.807, 2.05) is 0 Å². The molecule has 0 bridgehead atoms. The van der Waals surface area contributed by atoms with E-state index in [9.17, 15) is 0 Å². The molecular weight excluding hydrogens is 193 g/mol. The van der Waals surface area contributed by atoms with Crippen LogP contribution in [0.3, 0.4) is 0 Å². The Kier molecular flexibility index (Phi) is 26.5. The molecule has 0 saturated carbocycles. The van der Waals surface area contributed by atoms with Crippen LogP contribution < -0.4 is 29.6 Å².